The van der Waals surface area contributed by atoms with Crippen LogP contribution in [0.4, 0.5) is 0 Å². The third kappa shape index (κ3) is 4.57. The van der Waals surface area contributed by atoms with E-state index in [2.05, 4.69) is 0 Å². The van der Waals surface area contributed by atoms with Gasteiger partial charge in [-0.15, -0.1) is 0 Å². The van der Waals surface area contributed by atoms with Gasteiger partial charge >= 0.3 is 5.97 Å². The summed E-state index contributed by atoms with van der Waals surface area (Å²) in [5, 5.41) is 21.7. The highest BCUT2D eigenvalue weighted by Gasteiger charge is 2.27. The molecule has 2 N–H and O–H groups in total. The highest BCUT2D eigenvalue weighted by molar-refractivity contribution is 6.30. The number of carbonyl (C=O) groups excluding carboxylic acids is 1. The highest BCUT2D eigenvalue weighted by Crippen LogP contribution is 2.35. The molecule has 1 amide bonds. The number of aromatic carboxylic acids is 1. The van der Waals surface area contributed by atoms with Crippen LogP contribution in [0.1, 0.15) is 38.3 Å². The topological polar surface area (TPSA) is 90.7 Å². The van der Waals surface area contributed by atoms with Crippen molar-refractivity contribution in [2.24, 2.45) is 0 Å². The minimum absolute atomic E-state index is 0.0116. The Morgan fingerprint density at radius 1 is 0.971 bits per heavy atom. The zero-order valence-corrected chi connectivity index (χ0v) is 19.6. The van der Waals surface area contributed by atoms with Crippen LogP contribution >= 0.6 is 11.6 Å². The summed E-state index contributed by atoms with van der Waals surface area (Å²) in [5.74, 6) is -1.55. The van der Waals surface area contributed by atoms with Crippen molar-refractivity contribution in [2.45, 2.75) is 25.8 Å². The van der Waals surface area contributed by atoms with E-state index in [4.69, 9.17) is 16.6 Å². The second-order valence-corrected chi connectivity index (χ2v) is 9.15. The largest absolute Gasteiger partial charge is 0.505 e. The maximum absolute atomic E-state index is 13.0. The van der Waals surface area contributed by atoms with Crippen molar-refractivity contribution in [2.75, 3.05) is 6.54 Å². The number of amides is 1. The van der Waals surface area contributed by atoms with Crippen LogP contribution in [-0.4, -0.2) is 38.5 Å². The first kappa shape index (κ1) is 22.9. The average Bonchev–Trinajstić information content (AvgIpc) is 2.86. The van der Waals surface area contributed by atoms with Gasteiger partial charge in [0.15, 0.2) is 5.75 Å². The number of fused-ring (bicyclic) bond motifs is 3. The molecular weight excluding hydrogens is 464 g/mol. The predicted octanol–water partition coefficient (Wildman–Crippen LogP) is 5.01. The Balaban J connectivity index is 1.55. The van der Waals surface area contributed by atoms with Crippen molar-refractivity contribution in [3.63, 3.8) is 0 Å². The van der Waals surface area contributed by atoms with E-state index in [0.29, 0.717) is 41.9 Å². The quantitative estimate of drug-likeness (QED) is 0.414. The molecule has 4 aromatic rings. The lowest BCUT2D eigenvalue weighted by Gasteiger charge is -2.30. The molecule has 1 aliphatic rings. The van der Waals surface area contributed by atoms with Gasteiger partial charge in [0.2, 0.25) is 5.91 Å². The first-order valence-electron chi connectivity index (χ1n) is 11.4. The van der Waals surface area contributed by atoms with Crippen LogP contribution in [0.2, 0.25) is 5.02 Å². The number of carboxylic acids is 1. The van der Waals surface area contributed by atoms with Crippen LogP contribution in [-0.2, 0) is 30.6 Å². The molecule has 2 heterocycles. The number of carboxylic acid groups (broad SMARTS) is 1. The molecule has 0 saturated carbocycles. The van der Waals surface area contributed by atoms with E-state index >= 15 is 0 Å². The van der Waals surface area contributed by atoms with Crippen LogP contribution in [0, 0.1) is 0 Å². The molecule has 0 aliphatic carbocycles. The number of benzene rings is 3. The van der Waals surface area contributed by atoms with Crippen LogP contribution < -0.4 is 0 Å². The maximum atomic E-state index is 13.0. The second kappa shape index (κ2) is 9.39. The number of nitrogens with zero attached hydrogens (tertiary/aromatic N) is 2. The SMILES string of the molecule is O=C(O)c1c(O)c(Cc2ccc(Cl)cc2)nc2c3c(ccc12)CCN(C(=O)Cc1ccccc1)C3. The zero-order chi connectivity index (χ0) is 24.5. The first-order chi connectivity index (χ1) is 16.9. The minimum atomic E-state index is -1.22. The molecule has 176 valence electrons. The molecule has 3 aromatic carbocycles. The maximum Gasteiger partial charge on any atom is 0.340 e. The van der Waals surface area contributed by atoms with Crippen molar-refractivity contribution >= 4 is 34.4 Å². The molecule has 1 aromatic heterocycles. The molecule has 1 aliphatic heterocycles. The van der Waals surface area contributed by atoms with Gasteiger partial charge in [0.25, 0.3) is 0 Å². The monoisotopic (exact) mass is 486 g/mol. The van der Waals surface area contributed by atoms with E-state index in [-0.39, 0.29) is 29.3 Å². The highest BCUT2D eigenvalue weighted by atomic mass is 35.5. The van der Waals surface area contributed by atoms with Crippen LogP contribution in [0.5, 0.6) is 5.75 Å². The predicted molar refractivity (Wildman–Crippen MR) is 134 cm³/mol. The Morgan fingerprint density at radius 2 is 1.71 bits per heavy atom. The Morgan fingerprint density at radius 3 is 2.43 bits per heavy atom. The summed E-state index contributed by atoms with van der Waals surface area (Å²) in [6, 6.07) is 20.3. The summed E-state index contributed by atoms with van der Waals surface area (Å²) in [4.78, 5) is 31.7. The van der Waals surface area contributed by atoms with Crippen LogP contribution in [0.3, 0.4) is 0 Å². The third-order valence-electron chi connectivity index (χ3n) is 6.46. The molecule has 5 rings (SSSR count). The van der Waals surface area contributed by atoms with Gasteiger partial charge in [-0.3, -0.25) is 4.79 Å². The minimum Gasteiger partial charge on any atom is -0.505 e. The van der Waals surface area contributed by atoms with Gasteiger partial charge in [0, 0.05) is 35.5 Å². The van der Waals surface area contributed by atoms with Gasteiger partial charge < -0.3 is 15.1 Å². The molecule has 0 saturated heterocycles. The third-order valence-corrected chi connectivity index (χ3v) is 6.71. The number of aromatic nitrogens is 1. The van der Waals surface area contributed by atoms with Crippen molar-refractivity contribution in [3.8, 4) is 5.75 Å². The number of rotatable bonds is 5. The van der Waals surface area contributed by atoms with Crippen molar-refractivity contribution in [1.82, 2.24) is 9.88 Å². The lowest BCUT2D eigenvalue weighted by Crippen LogP contribution is -2.37. The fraction of sp³-hybridized carbons (Fsp3) is 0.179. The van der Waals surface area contributed by atoms with Gasteiger partial charge in [0.1, 0.15) is 5.56 Å². The van der Waals surface area contributed by atoms with E-state index in [9.17, 15) is 19.8 Å². The normalized spacial score (nSPS) is 13.0. The molecule has 6 nitrogen and oxygen atoms in total. The van der Waals surface area contributed by atoms with Gasteiger partial charge in [-0.2, -0.15) is 0 Å². The summed E-state index contributed by atoms with van der Waals surface area (Å²) < 4.78 is 0. The first-order valence-corrected chi connectivity index (χ1v) is 11.7. The van der Waals surface area contributed by atoms with E-state index < -0.39 is 5.97 Å². The number of pyridine rings is 1. The fourth-order valence-electron chi connectivity index (χ4n) is 4.63. The molecule has 7 heteroatoms. The van der Waals surface area contributed by atoms with E-state index in [1.807, 2.05) is 48.5 Å². The molecule has 0 radical (unpaired) electrons. The van der Waals surface area contributed by atoms with Crippen LogP contribution in [0.25, 0.3) is 10.9 Å². The van der Waals surface area contributed by atoms with Crippen molar-refractivity contribution in [1.29, 1.82) is 0 Å². The molecule has 0 atom stereocenters. The summed E-state index contributed by atoms with van der Waals surface area (Å²) in [6.45, 7) is 0.932. The standard InChI is InChI=1S/C28H23ClN2O4/c29-20-9-6-18(7-10-20)14-23-27(33)25(28(34)35)21-11-8-19-12-13-31(16-22(19)26(21)30-23)24(32)15-17-4-2-1-3-5-17/h1-11,33H,12-16H2,(H,34,35). The molecule has 0 spiro atoms. The zero-order valence-electron chi connectivity index (χ0n) is 18.9. The van der Waals surface area contributed by atoms with Gasteiger partial charge in [-0.1, -0.05) is 66.2 Å². The summed E-state index contributed by atoms with van der Waals surface area (Å²) in [6.07, 6.45) is 1.21. The Labute approximate surface area is 207 Å². The van der Waals surface area contributed by atoms with Gasteiger partial charge in [-0.05, 0) is 35.2 Å². The lowest BCUT2D eigenvalue weighted by atomic mass is 9.93. The molecule has 0 bridgehead atoms. The van der Waals surface area contributed by atoms with E-state index in [0.717, 1.165) is 22.3 Å². The number of hydrogen-bond acceptors (Lipinski definition) is 4. The van der Waals surface area contributed by atoms with E-state index in [1.54, 1.807) is 23.1 Å². The van der Waals surface area contributed by atoms with Crippen LogP contribution in [0.15, 0.2) is 66.7 Å². The Hall–Kier alpha value is -3.90. The lowest BCUT2D eigenvalue weighted by molar-refractivity contribution is -0.131. The number of carbonyl (C=O) groups is 2. The smallest absolute Gasteiger partial charge is 0.340 e. The summed E-state index contributed by atoms with van der Waals surface area (Å²) in [5.41, 5.74) is 4.27. The fourth-order valence-corrected chi connectivity index (χ4v) is 4.76. The molecule has 35 heavy (non-hydrogen) atoms. The summed E-state index contributed by atoms with van der Waals surface area (Å²) in [7, 11) is 0. The Bertz CT molecular complexity index is 1440. The summed E-state index contributed by atoms with van der Waals surface area (Å²) >= 11 is 5.99. The molecular formula is C28H23ClN2O4. The Kier molecular flexibility index (Phi) is 6.14. The van der Waals surface area contributed by atoms with E-state index in [1.165, 1.54) is 0 Å². The molecule has 0 fully saturated rings. The van der Waals surface area contributed by atoms with Crippen molar-refractivity contribution < 1.29 is 19.8 Å². The number of halogens is 1. The second-order valence-electron chi connectivity index (χ2n) is 8.72. The number of hydrogen-bond donors (Lipinski definition) is 2. The average molecular weight is 487 g/mol. The molecule has 0 unspecified atom stereocenters. The van der Waals surface area contributed by atoms with Gasteiger partial charge in [-0.25, -0.2) is 9.78 Å². The van der Waals surface area contributed by atoms with Crippen molar-refractivity contribution in [3.05, 3.63) is 105 Å². The van der Waals surface area contributed by atoms with Gasteiger partial charge in [0.05, 0.1) is 17.6 Å². The number of aromatic hydroxyl groups is 1.